The molecular weight excluding hydrogens is 290 g/mol. The van der Waals surface area contributed by atoms with Crippen molar-refractivity contribution >= 4 is 26.5 Å². The number of aromatic nitrogens is 1. The van der Waals surface area contributed by atoms with Crippen LogP contribution in [0.25, 0.3) is 0 Å². The van der Waals surface area contributed by atoms with Gasteiger partial charge in [-0.2, -0.15) is 0 Å². The number of anilines is 1. The van der Waals surface area contributed by atoms with Gasteiger partial charge < -0.3 is 15.2 Å². The Bertz CT molecular complexity index is 511. The highest BCUT2D eigenvalue weighted by atomic mass is 32.2. The number of ether oxygens (including phenoxy) is 1. The van der Waals surface area contributed by atoms with E-state index in [-0.39, 0.29) is 16.7 Å². The molecule has 19 heavy (non-hydrogen) atoms. The maximum absolute atomic E-state index is 11.1. The second-order valence-corrected chi connectivity index (χ2v) is 7.30. The number of rotatable bonds is 6. The van der Waals surface area contributed by atoms with E-state index in [1.807, 2.05) is 0 Å². The van der Waals surface area contributed by atoms with Gasteiger partial charge in [0.05, 0.1) is 6.20 Å². The first-order valence-electron chi connectivity index (χ1n) is 5.92. The van der Waals surface area contributed by atoms with Gasteiger partial charge in [-0.1, -0.05) is 11.3 Å². The molecule has 1 aliphatic rings. The Labute approximate surface area is 115 Å². The van der Waals surface area contributed by atoms with Crippen molar-refractivity contribution in [2.45, 2.75) is 10.6 Å². The summed E-state index contributed by atoms with van der Waals surface area (Å²) in [5.41, 5.74) is 0. The van der Waals surface area contributed by atoms with Gasteiger partial charge in [0.25, 0.3) is 0 Å². The van der Waals surface area contributed by atoms with Crippen molar-refractivity contribution < 1.29 is 18.3 Å². The number of sulfonamides is 1. The zero-order valence-electron chi connectivity index (χ0n) is 10.3. The Morgan fingerprint density at radius 3 is 3.00 bits per heavy atom. The first-order chi connectivity index (χ1) is 9.00. The number of hydrogen-bond acceptors (Lipinski definition) is 7. The van der Waals surface area contributed by atoms with Crippen LogP contribution in [0.3, 0.4) is 0 Å². The Balaban J connectivity index is 1.92. The van der Waals surface area contributed by atoms with Gasteiger partial charge in [-0.15, -0.1) is 0 Å². The minimum Gasteiger partial charge on any atom is -0.396 e. The van der Waals surface area contributed by atoms with Gasteiger partial charge in [-0.05, 0) is 12.3 Å². The predicted octanol–water partition coefficient (Wildman–Crippen LogP) is -0.153. The second kappa shape index (κ2) is 6.14. The summed E-state index contributed by atoms with van der Waals surface area (Å²) in [7, 11) is -3.70. The lowest BCUT2D eigenvalue weighted by Crippen LogP contribution is -2.26. The lowest BCUT2D eigenvalue weighted by Gasteiger charge is -2.19. The monoisotopic (exact) mass is 307 g/mol. The lowest BCUT2D eigenvalue weighted by atomic mass is 9.92. The van der Waals surface area contributed by atoms with Crippen molar-refractivity contribution in [3.8, 4) is 0 Å². The summed E-state index contributed by atoms with van der Waals surface area (Å²) < 4.78 is 27.5. The number of nitrogens with zero attached hydrogens (tertiary/aromatic N) is 1. The van der Waals surface area contributed by atoms with E-state index in [0.717, 1.165) is 24.4 Å². The van der Waals surface area contributed by atoms with Gasteiger partial charge >= 0.3 is 0 Å². The van der Waals surface area contributed by atoms with E-state index in [9.17, 15) is 13.5 Å². The van der Waals surface area contributed by atoms with Crippen molar-refractivity contribution in [2.24, 2.45) is 17.0 Å². The van der Waals surface area contributed by atoms with Gasteiger partial charge in [0.15, 0.2) is 9.34 Å². The van der Waals surface area contributed by atoms with E-state index in [0.29, 0.717) is 24.2 Å². The molecule has 0 amide bonds. The van der Waals surface area contributed by atoms with Crippen LogP contribution in [0.2, 0.25) is 0 Å². The average Bonchev–Trinajstić information content (AvgIpc) is 2.99. The van der Waals surface area contributed by atoms with Crippen molar-refractivity contribution in [1.82, 2.24) is 4.98 Å². The molecule has 0 aliphatic carbocycles. The number of aliphatic hydroxyl groups is 1. The normalized spacial score (nSPS) is 21.5. The summed E-state index contributed by atoms with van der Waals surface area (Å²) in [5, 5.41) is 17.9. The summed E-state index contributed by atoms with van der Waals surface area (Å²) in [4.78, 5) is 3.95. The second-order valence-electron chi connectivity index (χ2n) is 4.48. The highest BCUT2D eigenvalue weighted by molar-refractivity contribution is 7.91. The third kappa shape index (κ3) is 3.86. The fraction of sp³-hybridized carbons (Fsp3) is 0.700. The van der Waals surface area contributed by atoms with E-state index >= 15 is 0 Å². The minimum absolute atomic E-state index is 0.0275. The molecule has 0 radical (unpaired) electrons. The number of nitrogens with two attached hydrogens (primary N) is 1. The van der Waals surface area contributed by atoms with Gasteiger partial charge in [-0.25, -0.2) is 18.5 Å². The summed E-state index contributed by atoms with van der Waals surface area (Å²) in [6.45, 7) is 1.98. The molecule has 2 atom stereocenters. The molecule has 2 unspecified atom stereocenters. The number of hydrogen-bond donors (Lipinski definition) is 3. The van der Waals surface area contributed by atoms with E-state index in [4.69, 9.17) is 9.88 Å². The van der Waals surface area contributed by atoms with Crippen LogP contribution in [0.1, 0.15) is 6.42 Å². The Hall–Kier alpha value is -0.740. The number of nitrogens with one attached hydrogen (secondary N) is 1. The smallest absolute Gasteiger partial charge is 0.249 e. The number of thiazole rings is 1. The molecule has 1 saturated heterocycles. The zero-order chi connectivity index (χ0) is 13.9. The summed E-state index contributed by atoms with van der Waals surface area (Å²) in [5.74, 6) is 0.402. The van der Waals surface area contributed by atoms with Gasteiger partial charge in [-0.3, -0.25) is 0 Å². The molecular formula is C10H17N3O4S2. The van der Waals surface area contributed by atoms with Gasteiger partial charge in [0.1, 0.15) is 0 Å². The molecule has 108 valence electrons. The van der Waals surface area contributed by atoms with E-state index in [2.05, 4.69) is 10.3 Å². The highest BCUT2D eigenvalue weighted by Crippen LogP contribution is 2.25. The molecule has 0 aromatic carbocycles. The highest BCUT2D eigenvalue weighted by Gasteiger charge is 2.25. The molecule has 1 aromatic heterocycles. The lowest BCUT2D eigenvalue weighted by molar-refractivity contribution is 0.145. The minimum atomic E-state index is -3.70. The molecule has 9 heteroatoms. The average molecular weight is 307 g/mol. The van der Waals surface area contributed by atoms with E-state index < -0.39 is 10.0 Å². The van der Waals surface area contributed by atoms with Crippen LogP contribution in [0.4, 0.5) is 5.13 Å². The maximum Gasteiger partial charge on any atom is 0.249 e. The van der Waals surface area contributed by atoms with Crippen molar-refractivity contribution in [3.05, 3.63) is 6.20 Å². The molecule has 2 heterocycles. The first kappa shape index (κ1) is 14.7. The molecule has 1 aromatic rings. The SMILES string of the molecule is NS(=O)(=O)c1cnc(NCC(CO)C2CCOC2)s1. The molecule has 0 spiro atoms. The first-order valence-corrected chi connectivity index (χ1v) is 8.28. The fourth-order valence-corrected chi connectivity index (χ4v) is 3.45. The molecule has 0 saturated carbocycles. The zero-order valence-corrected chi connectivity index (χ0v) is 11.9. The number of aliphatic hydroxyl groups excluding tert-OH is 1. The third-order valence-corrected chi connectivity index (χ3v) is 5.51. The third-order valence-electron chi connectivity index (χ3n) is 3.15. The molecule has 1 aliphatic heterocycles. The predicted molar refractivity (Wildman–Crippen MR) is 71.5 cm³/mol. The Kier molecular flexibility index (Phi) is 4.74. The van der Waals surface area contributed by atoms with Crippen LogP contribution in [-0.2, 0) is 14.8 Å². The van der Waals surface area contributed by atoms with E-state index in [1.165, 1.54) is 6.20 Å². The van der Waals surface area contributed by atoms with Crippen LogP contribution < -0.4 is 10.5 Å². The summed E-state index contributed by atoms with van der Waals surface area (Å²) >= 11 is 0.987. The standard InChI is InChI=1S/C10H17N3O4S2/c11-19(15,16)9-4-13-10(18-9)12-3-8(5-14)7-1-2-17-6-7/h4,7-8,14H,1-3,5-6H2,(H,12,13)(H2,11,15,16). The van der Waals surface area contributed by atoms with Crippen molar-refractivity contribution in [1.29, 1.82) is 0 Å². The van der Waals surface area contributed by atoms with Crippen LogP contribution in [0.5, 0.6) is 0 Å². The van der Waals surface area contributed by atoms with Gasteiger partial charge in [0.2, 0.25) is 10.0 Å². The van der Waals surface area contributed by atoms with E-state index in [1.54, 1.807) is 0 Å². The van der Waals surface area contributed by atoms with Crippen LogP contribution in [-0.4, -0.2) is 44.9 Å². The Morgan fingerprint density at radius 2 is 2.47 bits per heavy atom. The Morgan fingerprint density at radius 1 is 1.68 bits per heavy atom. The maximum atomic E-state index is 11.1. The van der Waals surface area contributed by atoms with Crippen molar-refractivity contribution in [2.75, 3.05) is 31.7 Å². The molecule has 2 rings (SSSR count). The molecule has 4 N–H and O–H groups in total. The van der Waals surface area contributed by atoms with Crippen molar-refractivity contribution in [3.63, 3.8) is 0 Å². The van der Waals surface area contributed by atoms with Crippen LogP contribution in [0.15, 0.2) is 10.4 Å². The van der Waals surface area contributed by atoms with Gasteiger partial charge in [0, 0.05) is 32.3 Å². The summed E-state index contributed by atoms with van der Waals surface area (Å²) in [6.07, 6.45) is 2.17. The van der Waals surface area contributed by atoms with Crippen LogP contribution >= 0.6 is 11.3 Å². The quantitative estimate of drug-likeness (QED) is 0.673. The number of primary sulfonamides is 1. The molecule has 0 bridgehead atoms. The molecule has 7 nitrogen and oxygen atoms in total. The van der Waals surface area contributed by atoms with Crippen LogP contribution in [0, 0.1) is 11.8 Å². The topological polar surface area (TPSA) is 115 Å². The summed E-state index contributed by atoms with van der Waals surface area (Å²) in [6, 6.07) is 0. The molecule has 1 fully saturated rings. The fourth-order valence-electron chi connectivity index (χ4n) is 2.00. The largest absolute Gasteiger partial charge is 0.396 e.